The van der Waals surface area contributed by atoms with E-state index in [1.54, 1.807) is 17.0 Å². The zero-order valence-electron chi connectivity index (χ0n) is 12.3. The Morgan fingerprint density at radius 1 is 1.29 bits per heavy atom. The maximum Gasteiger partial charge on any atom is 0.253 e. The monoisotopic (exact) mass is 288 g/mol. The molecule has 0 bridgehead atoms. The second-order valence-electron chi connectivity index (χ2n) is 4.84. The van der Waals surface area contributed by atoms with Gasteiger partial charge in [0.2, 0.25) is 0 Å². The maximum absolute atomic E-state index is 12.4. The minimum absolute atomic E-state index is 0.0275. The number of amides is 1. The predicted octanol–water partition coefficient (Wildman–Crippen LogP) is 1.62. The van der Waals surface area contributed by atoms with E-state index in [1.807, 2.05) is 26.0 Å². The number of carbonyl (C=O) groups excluding carboxylic acids is 1. The van der Waals surface area contributed by atoms with E-state index in [-0.39, 0.29) is 12.5 Å². The van der Waals surface area contributed by atoms with Crippen molar-refractivity contribution in [2.45, 2.75) is 20.3 Å². The normalized spacial score (nSPS) is 10.6. The lowest BCUT2D eigenvalue weighted by atomic mass is 10.1. The van der Waals surface area contributed by atoms with E-state index >= 15 is 0 Å². The molecular weight excluding hydrogens is 268 g/mol. The van der Waals surface area contributed by atoms with Crippen LogP contribution >= 0.6 is 0 Å². The molecule has 0 aliphatic carbocycles. The summed E-state index contributed by atoms with van der Waals surface area (Å²) in [5, 5.41) is 15.9. The molecule has 1 aromatic carbocycles. The van der Waals surface area contributed by atoms with Gasteiger partial charge in [0.25, 0.3) is 5.91 Å². The molecular formula is C15H20N4O2. The fraction of sp³-hybridized carbons (Fsp3) is 0.400. The molecule has 0 spiro atoms. The first-order valence-electron chi connectivity index (χ1n) is 7.05. The summed E-state index contributed by atoms with van der Waals surface area (Å²) in [6, 6.07) is 7.20. The molecule has 0 radical (unpaired) electrons. The number of aromatic amines is 1. The van der Waals surface area contributed by atoms with Crippen LogP contribution in [0.2, 0.25) is 0 Å². The highest BCUT2D eigenvalue weighted by molar-refractivity contribution is 5.94. The van der Waals surface area contributed by atoms with Crippen molar-refractivity contribution in [3.63, 3.8) is 0 Å². The number of aliphatic hydroxyl groups is 1. The summed E-state index contributed by atoms with van der Waals surface area (Å²) in [6.07, 6.45) is 0.861. The Morgan fingerprint density at radius 3 is 2.52 bits per heavy atom. The third-order valence-corrected chi connectivity index (χ3v) is 3.14. The van der Waals surface area contributed by atoms with Crippen LogP contribution in [0.15, 0.2) is 24.3 Å². The highest BCUT2D eigenvalue weighted by Crippen LogP contribution is 2.16. The Hall–Kier alpha value is -2.21. The smallest absolute Gasteiger partial charge is 0.253 e. The summed E-state index contributed by atoms with van der Waals surface area (Å²) in [5.41, 5.74) is 1.47. The van der Waals surface area contributed by atoms with Crippen LogP contribution in [0.3, 0.4) is 0 Å². The first-order valence-corrected chi connectivity index (χ1v) is 7.05. The SMILES string of the molecule is CCCN(CCO)C(=O)c1ccc(-c2n[nH]c(C)n2)cc1. The number of aryl methyl sites for hydroxylation is 1. The third-order valence-electron chi connectivity index (χ3n) is 3.14. The number of aromatic nitrogens is 3. The Labute approximate surface area is 123 Å². The second kappa shape index (κ2) is 6.99. The van der Waals surface area contributed by atoms with Crippen LogP contribution in [0.1, 0.15) is 29.5 Å². The van der Waals surface area contributed by atoms with Gasteiger partial charge in [0.05, 0.1) is 6.61 Å². The first kappa shape index (κ1) is 15.2. The molecule has 6 nitrogen and oxygen atoms in total. The van der Waals surface area contributed by atoms with Gasteiger partial charge in [0.1, 0.15) is 5.82 Å². The number of hydrogen-bond acceptors (Lipinski definition) is 4. The van der Waals surface area contributed by atoms with E-state index in [2.05, 4.69) is 15.2 Å². The molecule has 2 aromatic rings. The van der Waals surface area contributed by atoms with Crippen LogP contribution in [-0.4, -0.2) is 50.8 Å². The number of rotatable bonds is 6. The van der Waals surface area contributed by atoms with Crippen molar-refractivity contribution in [2.24, 2.45) is 0 Å². The first-order chi connectivity index (χ1) is 10.2. The van der Waals surface area contributed by atoms with E-state index < -0.39 is 0 Å². The van der Waals surface area contributed by atoms with Crippen molar-refractivity contribution >= 4 is 5.91 Å². The van der Waals surface area contributed by atoms with Gasteiger partial charge in [-0.3, -0.25) is 9.89 Å². The minimum atomic E-state index is -0.0661. The van der Waals surface area contributed by atoms with Crippen LogP contribution in [0.25, 0.3) is 11.4 Å². The van der Waals surface area contributed by atoms with Crippen molar-refractivity contribution in [2.75, 3.05) is 19.7 Å². The summed E-state index contributed by atoms with van der Waals surface area (Å²) in [6.45, 7) is 4.81. The molecule has 1 aromatic heterocycles. The number of benzene rings is 1. The Bertz CT molecular complexity index is 586. The Balaban J connectivity index is 2.15. The van der Waals surface area contributed by atoms with Crippen LogP contribution in [-0.2, 0) is 0 Å². The molecule has 0 saturated carbocycles. The fourth-order valence-electron chi connectivity index (χ4n) is 2.12. The van der Waals surface area contributed by atoms with Crippen LogP contribution < -0.4 is 0 Å². The summed E-state index contributed by atoms with van der Waals surface area (Å²) < 4.78 is 0. The highest BCUT2D eigenvalue weighted by atomic mass is 16.3. The molecule has 0 atom stereocenters. The summed E-state index contributed by atoms with van der Waals surface area (Å²) >= 11 is 0. The molecule has 21 heavy (non-hydrogen) atoms. The van der Waals surface area contributed by atoms with Gasteiger partial charge < -0.3 is 10.0 Å². The molecule has 0 saturated heterocycles. The highest BCUT2D eigenvalue weighted by Gasteiger charge is 2.14. The van der Waals surface area contributed by atoms with Crippen LogP contribution in [0.4, 0.5) is 0 Å². The van der Waals surface area contributed by atoms with Gasteiger partial charge in [0, 0.05) is 24.2 Å². The minimum Gasteiger partial charge on any atom is -0.395 e. The largest absolute Gasteiger partial charge is 0.395 e. The third kappa shape index (κ3) is 3.66. The van der Waals surface area contributed by atoms with E-state index in [0.717, 1.165) is 17.8 Å². The number of nitrogens with zero attached hydrogens (tertiary/aromatic N) is 3. The van der Waals surface area contributed by atoms with Gasteiger partial charge >= 0.3 is 0 Å². The van der Waals surface area contributed by atoms with Gasteiger partial charge in [-0.2, -0.15) is 5.10 Å². The molecule has 1 amide bonds. The standard InChI is InChI=1S/C15H20N4O2/c1-3-8-19(9-10-20)15(21)13-6-4-12(5-7-13)14-16-11(2)17-18-14/h4-7,20H,3,8-10H2,1-2H3,(H,16,17,18). The van der Waals surface area contributed by atoms with Crippen molar-refractivity contribution < 1.29 is 9.90 Å². The van der Waals surface area contributed by atoms with Crippen molar-refractivity contribution in [1.29, 1.82) is 0 Å². The second-order valence-corrected chi connectivity index (χ2v) is 4.84. The lowest BCUT2D eigenvalue weighted by molar-refractivity contribution is 0.0722. The Morgan fingerprint density at radius 2 is 2.00 bits per heavy atom. The predicted molar refractivity (Wildman–Crippen MR) is 79.8 cm³/mol. The van der Waals surface area contributed by atoms with Crippen molar-refractivity contribution in [3.05, 3.63) is 35.7 Å². The lowest BCUT2D eigenvalue weighted by Gasteiger charge is -2.21. The average Bonchev–Trinajstić information content (AvgIpc) is 2.93. The lowest BCUT2D eigenvalue weighted by Crippen LogP contribution is -2.34. The molecule has 1 heterocycles. The maximum atomic E-state index is 12.4. The van der Waals surface area contributed by atoms with Gasteiger partial charge in [-0.25, -0.2) is 4.98 Å². The molecule has 2 N–H and O–H groups in total. The van der Waals surface area contributed by atoms with Gasteiger partial charge in [0.15, 0.2) is 5.82 Å². The number of aliphatic hydroxyl groups excluding tert-OH is 1. The number of hydrogen-bond donors (Lipinski definition) is 2. The number of H-pyrrole nitrogens is 1. The van der Waals surface area contributed by atoms with E-state index in [9.17, 15) is 4.79 Å². The topological polar surface area (TPSA) is 82.1 Å². The van der Waals surface area contributed by atoms with E-state index in [1.165, 1.54) is 0 Å². The van der Waals surface area contributed by atoms with E-state index in [4.69, 9.17) is 5.11 Å². The van der Waals surface area contributed by atoms with Crippen LogP contribution in [0, 0.1) is 6.92 Å². The average molecular weight is 288 g/mol. The quantitative estimate of drug-likeness (QED) is 0.846. The van der Waals surface area contributed by atoms with Crippen molar-refractivity contribution in [3.8, 4) is 11.4 Å². The Kier molecular flexibility index (Phi) is 5.05. The summed E-state index contributed by atoms with van der Waals surface area (Å²) in [4.78, 5) is 18.3. The molecule has 2 rings (SSSR count). The molecule has 112 valence electrons. The molecule has 0 aliphatic rings. The van der Waals surface area contributed by atoms with Gasteiger partial charge in [-0.1, -0.05) is 19.1 Å². The zero-order chi connectivity index (χ0) is 15.2. The zero-order valence-corrected chi connectivity index (χ0v) is 12.3. The van der Waals surface area contributed by atoms with Gasteiger partial charge in [-0.15, -0.1) is 0 Å². The van der Waals surface area contributed by atoms with E-state index in [0.29, 0.717) is 24.5 Å². The summed E-state index contributed by atoms with van der Waals surface area (Å²) in [5.74, 6) is 1.30. The molecule has 0 unspecified atom stereocenters. The van der Waals surface area contributed by atoms with Crippen LogP contribution in [0.5, 0.6) is 0 Å². The fourth-order valence-corrected chi connectivity index (χ4v) is 2.12. The van der Waals surface area contributed by atoms with Crippen molar-refractivity contribution in [1.82, 2.24) is 20.1 Å². The summed E-state index contributed by atoms with van der Waals surface area (Å²) in [7, 11) is 0. The molecule has 0 aliphatic heterocycles. The molecule has 0 fully saturated rings. The number of nitrogens with one attached hydrogen (secondary N) is 1. The molecule has 6 heteroatoms. The van der Waals surface area contributed by atoms with Gasteiger partial charge in [-0.05, 0) is 25.5 Å². The number of carbonyl (C=O) groups is 1.